The van der Waals surface area contributed by atoms with Gasteiger partial charge in [0, 0.05) is 44.0 Å². The van der Waals surface area contributed by atoms with E-state index in [0.717, 1.165) is 17.7 Å². The molecule has 0 saturated heterocycles. The predicted octanol–water partition coefficient (Wildman–Crippen LogP) is 2.04. The normalized spacial score (nSPS) is 14.3. The van der Waals surface area contributed by atoms with E-state index in [2.05, 4.69) is 5.32 Å². The Hall–Kier alpha value is -2.08. The van der Waals surface area contributed by atoms with Gasteiger partial charge in [0.1, 0.15) is 5.75 Å². The number of fused-ring (bicyclic) bond motifs is 1. The number of rotatable bonds is 6. The number of anilines is 1. The van der Waals surface area contributed by atoms with Gasteiger partial charge in [-0.1, -0.05) is 13.8 Å². The number of carbonyl (C=O) groups is 2. The van der Waals surface area contributed by atoms with Crippen LogP contribution < -0.4 is 10.1 Å². The molecule has 0 aliphatic carbocycles. The zero-order valence-electron chi connectivity index (χ0n) is 13.9. The van der Waals surface area contributed by atoms with Crippen LogP contribution >= 0.6 is 0 Å². The molecule has 2 rings (SSSR count). The molecule has 1 heterocycles. The van der Waals surface area contributed by atoms with Gasteiger partial charge in [0.05, 0.1) is 0 Å². The Morgan fingerprint density at radius 2 is 2.22 bits per heavy atom. The standard InChI is InChI=1S/C17H24N2O4/c1-12(2)17(21)18-14-5-6-15-13(9-14)10-19(7-4-8-22-3)16(20)11-23-15/h5-6,9,12H,4,7-8,10-11H2,1-3H3,(H,18,21). The van der Waals surface area contributed by atoms with Gasteiger partial charge in [0.15, 0.2) is 6.61 Å². The van der Waals surface area contributed by atoms with Crippen molar-refractivity contribution in [3.8, 4) is 5.75 Å². The molecule has 0 atom stereocenters. The van der Waals surface area contributed by atoms with Gasteiger partial charge >= 0.3 is 0 Å². The summed E-state index contributed by atoms with van der Waals surface area (Å²) < 4.78 is 10.6. The monoisotopic (exact) mass is 320 g/mol. The average Bonchev–Trinajstić information content (AvgIpc) is 2.67. The van der Waals surface area contributed by atoms with Crippen molar-refractivity contribution in [2.45, 2.75) is 26.8 Å². The molecule has 1 aliphatic heterocycles. The Kier molecular flexibility index (Phi) is 5.98. The minimum Gasteiger partial charge on any atom is -0.483 e. The lowest BCUT2D eigenvalue weighted by molar-refractivity contribution is -0.133. The number of ether oxygens (including phenoxy) is 2. The second-order valence-electron chi connectivity index (χ2n) is 5.92. The number of hydrogen-bond acceptors (Lipinski definition) is 4. The number of benzene rings is 1. The van der Waals surface area contributed by atoms with E-state index in [1.54, 1.807) is 24.1 Å². The van der Waals surface area contributed by atoms with Gasteiger partial charge in [-0.05, 0) is 24.6 Å². The SMILES string of the molecule is COCCCN1Cc2cc(NC(=O)C(C)C)ccc2OCC1=O. The van der Waals surface area contributed by atoms with E-state index in [1.165, 1.54) is 0 Å². The summed E-state index contributed by atoms with van der Waals surface area (Å²) >= 11 is 0. The van der Waals surface area contributed by atoms with Crippen molar-refractivity contribution in [1.29, 1.82) is 0 Å². The van der Waals surface area contributed by atoms with Gasteiger partial charge in [-0.3, -0.25) is 9.59 Å². The largest absolute Gasteiger partial charge is 0.483 e. The van der Waals surface area contributed by atoms with Crippen molar-refractivity contribution in [2.75, 3.05) is 32.2 Å². The van der Waals surface area contributed by atoms with Crippen molar-refractivity contribution >= 4 is 17.5 Å². The number of hydrogen-bond donors (Lipinski definition) is 1. The van der Waals surface area contributed by atoms with Crippen LogP contribution in [0.4, 0.5) is 5.69 Å². The molecular formula is C17H24N2O4. The predicted molar refractivity (Wildman–Crippen MR) is 87.3 cm³/mol. The van der Waals surface area contributed by atoms with Gasteiger partial charge in [-0.2, -0.15) is 0 Å². The van der Waals surface area contributed by atoms with Crippen LogP contribution in [0.5, 0.6) is 5.75 Å². The Balaban J connectivity index is 2.12. The third kappa shape index (κ3) is 4.69. The van der Waals surface area contributed by atoms with Gasteiger partial charge < -0.3 is 19.7 Å². The van der Waals surface area contributed by atoms with Gasteiger partial charge in [0.2, 0.25) is 5.91 Å². The molecule has 0 saturated carbocycles. The fourth-order valence-electron chi connectivity index (χ4n) is 2.34. The molecule has 1 aromatic rings. The van der Waals surface area contributed by atoms with Crippen molar-refractivity contribution < 1.29 is 19.1 Å². The van der Waals surface area contributed by atoms with E-state index in [-0.39, 0.29) is 24.3 Å². The summed E-state index contributed by atoms with van der Waals surface area (Å²) in [6.07, 6.45) is 0.779. The van der Waals surface area contributed by atoms with E-state index in [9.17, 15) is 9.59 Å². The fraction of sp³-hybridized carbons (Fsp3) is 0.529. The van der Waals surface area contributed by atoms with Crippen LogP contribution in [0.25, 0.3) is 0 Å². The van der Waals surface area contributed by atoms with Crippen molar-refractivity contribution in [1.82, 2.24) is 4.90 Å². The summed E-state index contributed by atoms with van der Waals surface area (Å²) in [5, 5.41) is 2.87. The van der Waals surface area contributed by atoms with E-state index in [4.69, 9.17) is 9.47 Å². The molecule has 6 nitrogen and oxygen atoms in total. The highest BCUT2D eigenvalue weighted by Crippen LogP contribution is 2.27. The zero-order valence-corrected chi connectivity index (χ0v) is 13.9. The third-order valence-electron chi connectivity index (χ3n) is 3.69. The summed E-state index contributed by atoms with van der Waals surface area (Å²) in [4.78, 5) is 25.7. The maximum Gasteiger partial charge on any atom is 0.260 e. The van der Waals surface area contributed by atoms with Gasteiger partial charge in [-0.25, -0.2) is 0 Å². The maximum absolute atomic E-state index is 12.1. The second kappa shape index (κ2) is 7.97. The van der Waals surface area contributed by atoms with E-state index < -0.39 is 0 Å². The zero-order chi connectivity index (χ0) is 16.8. The molecule has 1 aromatic carbocycles. The van der Waals surface area contributed by atoms with Crippen LogP contribution in [0, 0.1) is 5.92 Å². The molecule has 2 amide bonds. The molecule has 0 bridgehead atoms. The lowest BCUT2D eigenvalue weighted by atomic mass is 10.1. The van der Waals surface area contributed by atoms with Crippen molar-refractivity contribution in [3.63, 3.8) is 0 Å². The summed E-state index contributed by atoms with van der Waals surface area (Å²) in [5.74, 6) is 0.532. The highest BCUT2D eigenvalue weighted by atomic mass is 16.5. The van der Waals surface area contributed by atoms with Crippen LogP contribution in [0.1, 0.15) is 25.8 Å². The molecule has 1 aliphatic rings. The maximum atomic E-state index is 12.1. The third-order valence-corrected chi connectivity index (χ3v) is 3.69. The minimum atomic E-state index is -0.0859. The second-order valence-corrected chi connectivity index (χ2v) is 5.92. The number of methoxy groups -OCH3 is 1. The minimum absolute atomic E-state index is 0.0347. The molecule has 6 heteroatoms. The Bertz CT molecular complexity index is 572. The number of amides is 2. The van der Waals surface area contributed by atoms with Crippen LogP contribution in [0.15, 0.2) is 18.2 Å². The Labute approximate surface area is 136 Å². The summed E-state index contributed by atoms with van der Waals surface area (Å²) in [6, 6.07) is 5.47. The molecule has 23 heavy (non-hydrogen) atoms. The Morgan fingerprint density at radius 1 is 1.43 bits per heavy atom. The van der Waals surface area contributed by atoms with Crippen LogP contribution in [0.2, 0.25) is 0 Å². The van der Waals surface area contributed by atoms with Gasteiger partial charge in [-0.15, -0.1) is 0 Å². The van der Waals surface area contributed by atoms with Crippen LogP contribution in [-0.2, 0) is 20.9 Å². The van der Waals surface area contributed by atoms with Crippen LogP contribution in [0.3, 0.4) is 0 Å². The molecule has 0 spiro atoms. The van der Waals surface area contributed by atoms with E-state index >= 15 is 0 Å². The molecule has 1 N–H and O–H groups in total. The first-order valence-corrected chi connectivity index (χ1v) is 7.84. The molecule has 0 aromatic heterocycles. The molecular weight excluding hydrogens is 296 g/mol. The van der Waals surface area contributed by atoms with E-state index in [0.29, 0.717) is 25.4 Å². The molecule has 0 radical (unpaired) electrons. The van der Waals surface area contributed by atoms with Crippen molar-refractivity contribution in [2.24, 2.45) is 5.92 Å². The Morgan fingerprint density at radius 3 is 2.91 bits per heavy atom. The molecule has 0 fully saturated rings. The first kappa shape index (κ1) is 17.3. The smallest absolute Gasteiger partial charge is 0.260 e. The van der Waals surface area contributed by atoms with E-state index in [1.807, 2.05) is 19.9 Å². The quantitative estimate of drug-likeness (QED) is 0.815. The average molecular weight is 320 g/mol. The highest BCUT2D eigenvalue weighted by Gasteiger charge is 2.21. The van der Waals surface area contributed by atoms with Gasteiger partial charge in [0.25, 0.3) is 5.91 Å². The summed E-state index contributed by atoms with van der Waals surface area (Å²) in [7, 11) is 1.65. The molecule has 126 valence electrons. The lowest BCUT2D eigenvalue weighted by Crippen LogP contribution is -2.33. The lowest BCUT2D eigenvalue weighted by Gasteiger charge is -2.20. The van der Waals surface area contributed by atoms with Crippen molar-refractivity contribution in [3.05, 3.63) is 23.8 Å². The number of carbonyl (C=O) groups excluding carboxylic acids is 2. The van der Waals surface area contributed by atoms with Crippen LogP contribution in [-0.4, -0.2) is 43.6 Å². The first-order chi connectivity index (χ1) is 11.0. The topological polar surface area (TPSA) is 67.9 Å². The first-order valence-electron chi connectivity index (χ1n) is 7.84. The fourth-order valence-corrected chi connectivity index (χ4v) is 2.34. The number of nitrogens with one attached hydrogen (secondary N) is 1. The molecule has 0 unspecified atom stereocenters. The summed E-state index contributed by atoms with van der Waals surface area (Å²) in [5.41, 5.74) is 1.62. The number of nitrogens with zero attached hydrogens (tertiary/aromatic N) is 1. The highest BCUT2D eigenvalue weighted by molar-refractivity contribution is 5.92. The summed E-state index contributed by atoms with van der Waals surface area (Å²) in [6.45, 7) is 5.44.